The van der Waals surface area contributed by atoms with E-state index >= 15 is 0 Å². The molecule has 0 aliphatic carbocycles. The molecule has 6 nitrogen and oxygen atoms in total. The van der Waals surface area contributed by atoms with E-state index < -0.39 is 21.7 Å². The number of thiazole rings is 1. The lowest BCUT2D eigenvalue weighted by atomic mass is 10.2. The molecule has 1 N–H and O–H groups in total. The van der Waals surface area contributed by atoms with E-state index in [1.165, 1.54) is 9.82 Å². The van der Waals surface area contributed by atoms with Gasteiger partial charge in [-0.1, -0.05) is 27.7 Å². The summed E-state index contributed by atoms with van der Waals surface area (Å²) in [5, 5.41) is 9.02. The summed E-state index contributed by atoms with van der Waals surface area (Å²) >= 11 is 0.846. The molecule has 0 atom stereocenters. The molecule has 0 bridgehead atoms. The molecular formula is C12H20N2O4S2. The Morgan fingerprint density at radius 3 is 2.20 bits per heavy atom. The van der Waals surface area contributed by atoms with Crippen molar-refractivity contribution in [3.8, 4) is 0 Å². The normalized spacial score (nSPS) is 12.6. The van der Waals surface area contributed by atoms with E-state index in [0.717, 1.165) is 11.3 Å². The topological polar surface area (TPSA) is 87.6 Å². The predicted molar refractivity (Wildman–Crippen MR) is 77.5 cm³/mol. The second kappa shape index (κ2) is 6.64. The van der Waals surface area contributed by atoms with Crippen LogP contribution >= 0.6 is 11.3 Å². The molecule has 1 aromatic heterocycles. The van der Waals surface area contributed by atoms with Gasteiger partial charge in [-0.15, -0.1) is 11.3 Å². The van der Waals surface area contributed by atoms with Gasteiger partial charge in [-0.25, -0.2) is 18.2 Å². The first-order valence-electron chi connectivity index (χ1n) is 6.33. The number of carbonyl (C=O) groups is 1. The van der Waals surface area contributed by atoms with Crippen molar-refractivity contribution in [2.45, 2.75) is 31.9 Å². The summed E-state index contributed by atoms with van der Waals surface area (Å²) in [4.78, 5) is 14.7. The third-order valence-electron chi connectivity index (χ3n) is 2.45. The Morgan fingerprint density at radius 1 is 1.30 bits per heavy atom. The van der Waals surface area contributed by atoms with Crippen molar-refractivity contribution in [2.75, 3.05) is 13.1 Å². The van der Waals surface area contributed by atoms with Crippen LogP contribution < -0.4 is 0 Å². The maximum atomic E-state index is 12.6. The quantitative estimate of drug-likeness (QED) is 0.831. The molecule has 8 heteroatoms. The number of sulfonamides is 1. The minimum Gasteiger partial charge on any atom is -0.476 e. The fourth-order valence-electron chi connectivity index (χ4n) is 1.76. The van der Waals surface area contributed by atoms with E-state index in [-0.39, 0.29) is 16.0 Å². The molecule has 0 radical (unpaired) electrons. The average Bonchev–Trinajstić information content (AvgIpc) is 2.76. The Hall–Kier alpha value is -0.990. The summed E-state index contributed by atoms with van der Waals surface area (Å²) in [6, 6.07) is 0. The van der Waals surface area contributed by atoms with Crippen molar-refractivity contribution >= 4 is 27.3 Å². The smallest absolute Gasteiger partial charge is 0.356 e. The molecule has 0 saturated carbocycles. The number of carboxylic acid groups (broad SMARTS) is 1. The molecule has 1 heterocycles. The van der Waals surface area contributed by atoms with Crippen LogP contribution in [0, 0.1) is 11.8 Å². The van der Waals surface area contributed by atoms with Crippen LogP contribution in [-0.4, -0.2) is 41.9 Å². The van der Waals surface area contributed by atoms with Crippen LogP contribution in [0.5, 0.6) is 0 Å². The molecule has 0 amide bonds. The predicted octanol–water partition coefficient (Wildman–Crippen LogP) is 2.14. The first-order chi connectivity index (χ1) is 9.16. The van der Waals surface area contributed by atoms with Gasteiger partial charge in [0, 0.05) is 13.1 Å². The Bertz CT molecular complexity index is 554. The lowest BCUT2D eigenvalue weighted by Crippen LogP contribution is -2.37. The maximum Gasteiger partial charge on any atom is 0.356 e. The van der Waals surface area contributed by atoms with Gasteiger partial charge in [0.1, 0.15) is 0 Å². The van der Waals surface area contributed by atoms with E-state index in [2.05, 4.69) is 4.98 Å². The summed E-state index contributed by atoms with van der Waals surface area (Å²) in [6.45, 7) is 8.41. The Morgan fingerprint density at radius 2 is 1.80 bits per heavy atom. The summed E-state index contributed by atoms with van der Waals surface area (Å²) in [7, 11) is -3.82. The largest absolute Gasteiger partial charge is 0.476 e. The molecule has 0 aromatic carbocycles. The molecule has 0 spiro atoms. The fourth-order valence-corrected chi connectivity index (χ4v) is 4.81. The van der Waals surface area contributed by atoms with Crippen LogP contribution in [0.3, 0.4) is 0 Å². The number of hydrogen-bond donors (Lipinski definition) is 1. The van der Waals surface area contributed by atoms with Crippen molar-refractivity contribution in [3.05, 3.63) is 11.2 Å². The SMILES string of the molecule is CC(C)CN(CC(C)C)S(=O)(=O)c1scnc1C(=O)O. The monoisotopic (exact) mass is 320 g/mol. The first kappa shape index (κ1) is 17.1. The lowest BCUT2D eigenvalue weighted by Gasteiger charge is -2.25. The van der Waals surface area contributed by atoms with Gasteiger partial charge in [-0.3, -0.25) is 0 Å². The van der Waals surface area contributed by atoms with E-state index in [4.69, 9.17) is 5.11 Å². The molecule has 20 heavy (non-hydrogen) atoms. The van der Waals surface area contributed by atoms with Gasteiger partial charge >= 0.3 is 5.97 Å². The summed E-state index contributed by atoms with van der Waals surface area (Å²) in [5.41, 5.74) is 0.853. The zero-order chi connectivity index (χ0) is 15.5. The molecule has 1 aromatic rings. The Balaban J connectivity index is 3.21. The number of aromatic carboxylic acids is 1. The van der Waals surface area contributed by atoms with E-state index in [9.17, 15) is 13.2 Å². The average molecular weight is 320 g/mol. The first-order valence-corrected chi connectivity index (χ1v) is 8.65. The number of hydrogen-bond acceptors (Lipinski definition) is 5. The van der Waals surface area contributed by atoms with E-state index in [1.54, 1.807) is 0 Å². The van der Waals surface area contributed by atoms with Crippen molar-refractivity contribution in [1.29, 1.82) is 0 Å². The molecule has 0 aliphatic rings. The number of carboxylic acids is 1. The molecule has 0 unspecified atom stereocenters. The zero-order valence-corrected chi connectivity index (χ0v) is 13.7. The van der Waals surface area contributed by atoms with Crippen LogP contribution in [0.15, 0.2) is 9.72 Å². The number of nitrogens with zero attached hydrogens (tertiary/aromatic N) is 2. The van der Waals surface area contributed by atoms with Crippen LogP contribution in [0.4, 0.5) is 0 Å². The molecule has 0 saturated heterocycles. The second-order valence-electron chi connectivity index (χ2n) is 5.40. The van der Waals surface area contributed by atoms with Crippen molar-refractivity contribution < 1.29 is 18.3 Å². The van der Waals surface area contributed by atoms with Gasteiger partial charge in [0.05, 0.1) is 5.51 Å². The van der Waals surface area contributed by atoms with Crippen molar-refractivity contribution in [3.63, 3.8) is 0 Å². The minimum absolute atomic E-state index is 0.157. The van der Waals surface area contributed by atoms with Gasteiger partial charge in [0.15, 0.2) is 9.90 Å². The van der Waals surface area contributed by atoms with Gasteiger partial charge in [0.2, 0.25) is 0 Å². The maximum absolute atomic E-state index is 12.6. The van der Waals surface area contributed by atoms with Gasteiger partial charge in [0.25, 0.3) is 10.0 Å². The standard InChI is InChI=1S/C12H20N2O4S2/c1-8(2)5-14(6-9(3)4)20(17,18)12-10(11(15)16)13-7-19-12/h7-9H,5-6H2,1-4H3,(H,15,16). The van der Waals surface area contributed by atoms with Crippen LogP contribution in [0.1, 0.15) is 38.2 Å². The molecule has 1 rings (SSSR count). The minimum atomic E-state index is -3.82. The highest BCUT2D eigenvalue weighted by Gasteiger charge is 2.32. The van der Waals surface area contributed by atoms with E-state index in [1.807, 2.05) is 27.7 Å². The zero-order valence-electron chi connectivity index (χ0n) is 12.0. The summed E-state index contributed by atoms with van der Waals surface area (Å²) in [6.07, 6.45) is 0. The summed E-state index contributed by atoms with van der Waals surface area (Å²) in [5.74, 6) is -1.01. The molecule has 114 valence electrons. The van der Waals surface area contributed by atoms with Gasteiger partial charge in [-0.2, -0.15) is 4.31 Å². The van der Waals surface area contributed by atoms with Crippen molar-refractivity contribution in [1.82, 2.24) is 9.29 Å². The molecule has 0 fully saturated rings. The van der Waals surface area contributed by atoms with Crippen LogP contribution in [-0.2, 0) is 10.0 Å². The van der Waals surface area contributed by atoms with Gasteiger partial charge in [-0.05, 0) is 11.8 Å². The van der Waals surface area contributed by atoms with E-state index in [0.29, 0.717) is 13.1 Å². The highest BCUT2D eigenvalue weighted by Crippen LogP contribution is 2.25. The summed E-state index contributed by atoms with van der Waals surface area (Å²) < 4.78 is 26.4. The highest BCUT2D eigenvalue weighted by atomic mass is 32.2. The Kier molecular flexibility index (Phi) is 5.67. The molecular weight excluding hydrogens is 300 g/mol. The fraction of sp³-hybridized carbons (Fsp3) is 0.667. The third-order valence-corrected chi connectivity index (χ3v) is 5.63. The lowest BCUT2D eigenvalue weighted by molar-refractivity contribution is 0.0687. The second-order valence-corrected chi connectivity index (χ2v) is 8.39. The number of aromatic nitrogens is 1. The third kappa shape index (κ3) is 4.00. The van der Waals surface area contributed by atoms with Gasteiger partial charge < -0.3 is 5.11 Å². The van der Waals surface area contributed by atoms with Crippen molar-refractivity contribution in [2.24, 2.45) is 11.8 Å². The molecule has 0 aliphatic heterocycles. The van der Waals surface area contributed by atoms with Crippen LogP contribution in [0.2, 0.25) is 0 Å². The highest BCUT2D eigenvalue weighted by molar-refractivity contribution is 7.91. The Labute approximate surface area is 123 Å². The number of rotatable bonds is 7. The van der Waals surface area contributed by atoms with Crippen LogP contribution in [0.25, 0.3) is 0 Å².